The molecule has 1 aromatic heterocycles. The minimum atomic E-state index is -0.612. The Morgan fingerprint density at radius 3 is 2.61 bits per heavy atom. The zero-order valence-electron chi connectivity index (χ0n) is 11.1. The second kappa shape index (κ2) is 6.18. The number of nitrogens with one attached hydrogen (secondary N) is 1. The molecule has 0 spiro atoms. The molecule has 0 aliphatic carbocycles. The lowest BCUT2D eigenvalue weighted by Gasteiger charge is -2.18. The molecule has 6 heteroatoms. The maximum absolute atomic E-state index is 12.0. The topological polar surface area (TPSA) is 73.2 Å². The molecule has 1 heterocycles. The number of carbonyl (C=O) groups excluding carboxylic acids is 2. The first-order valence-corrected chi connectivity index (χ1v) is 5.80. The van der Waals surface area contributed by atoms with E-state index in [-0.39, 0.29) is 11.7 Å². The van der Waals surface area contributed by atoms with E-state index in [2.05, 4.69) is 15.0 Å². The van der Waals surface area contributed by atoms with Gasteiger partial charge in [0, 0.05) is 31.8 Å². The van der Waals surface area contributed by atoms with Crippen molar-refractivity contribution in [2.45, 2.75) is 26.3 Å². The number of carbonyl (C=O) groups is 2. The third-order valence-electron chi connectivity index (χ3n) is 2.70. The van der Waals surface area contributed by atoms with Gasteiger partial charge in [0.15, 0.2) is 5.78 Å². The second-order valence-corrected chi connectivity index (χ2v) is 4.40. The molecule has 0 fully saturated rings. The van der Waals surface area contributed by atoms with Gasteiger partial charge in [-0.25, -0.2) is 9.78 Å². The Hall–Kier alpha value is -1.85. The molecule has 1 amide bonds. The number of methoxy groups -OCH3 is 1. The average molecular weight is 253 g/mol. The van der Waals surface area contributed by atoms with E-state index in [0.29, 0.717) is 6.42 Å². The third-order valence-corrected chi connectivity index (χ3v) is 2.70. The number of nitrogens with zero attached hydrogens (tertiary/aromatic N) is 2. The maximum atomic E-state index is 12.0. The lowest BCUT2D eigenvalue weighted by molar-refractivity contribution is -0.123. The number of rotatable bonds is 5. The molecular weight excluding hydrogens is 234 g/mol. The Balaban J connectivity index is 2.81. The van der Waals surface area contributed by atoms with Gasteiger partial charge in [-0.1, -0.05) is 13.8 Å². The van der Waals surface area contributed by atoms with Crippen molar-refractivity contribution < 1.29 is 14.3 Å². The largest absolute Gasteiger partial charge is 0.453 e. The summed E-state index contributed by atoms with van der Waals surface area (Å²) in [7, 11) is 3.12. The molecule has 100 valence electrons. The van der Waals surface area contributed by atoms with E-state index in [1.165, 1.54) is 7.11 Å². The molecule has 0 radical (unpaired) electrons. The van der Waals surface area contributed by atoms with Gasteiger partial charge in [0.1, 0.15) is 5.82 Å². The monoisotopic (exact) mass is 253 g/mol. The first-order chi connectivity index (χ1) is 8.45. The van der Waals surface area contributed by atoms with Gasteiger partial charge < -0.3 is 14.6 Å². The summed E-state index contributed by atoms with van der Waals surface area (Å²) in [6, 6.07) is -0.612. The zero-order valence-corrected chi connectivity index (χ0v) is 11.1. The van der Waals surface area contributed by atoms with Crippen molar-refractivity contribution in [1.82, 2.24) is 14.9 Å². The van der Waals surface area contributed by atoms with Crippen LogP contribution in [0.4, 0.5) is 4.79 Å². The van der Waals surface area contributed by atoms with Crippen molar-refractivity contribution in [1.29, 1.82) is 0 Å². The Morgan fingerprint density at radius 2 is 2.17 bits per heavy atom. The van der Waals surface area contributed by atoms with E-state index in [1.54, 1.807) is 26.2 Å². The SMILES string of the molecule is COC(=O)NC(Cc1nccn1C)C(=O)C(C)C. The minimum Gasteiger partial charge on any atom is -0.453 e. The molecule has 0 aliphatic heterocycles. The van der Waals surface area contributed by atoms with Crippen molar-refractivity contribution in [2.75, 3.05) is 7.11 Å². The minimum absolute atomic E-state index is 0.0385. The number of Topliss-reactive ketones (excluding diaryl/α,β-unsaturated/α-hetero) is 1. The average Bonchev–Trinajstić information content (AvgIpc) is 2.72. The number of imidazole rings is 1. The van der Waals surface area contributed by atoms with Crippen LogP contribution in [-0.2, 0) is 23.0 Å². The summed E-state index contributed by atoms with van der Waals surface area (Å²) in [5.74, 6) is 0.543. The highest BCUT2D eigenvalue weighted by molar-refractivity contribution is 5.88. The number of alkyl carbamates (subject to hydrolysis) is 1. The molecule has 1 atom stereocenters. The van der Waals surface area contributed by atoms with Gasteiger partial charge in [-0.05, 0) is 0 Å². The van der Waals surface area contributed by atoms with E-state index in [1.807, 2.05) is 11.6 Å². The predicted molar refractivity (Wildman–Crippen MR) is 66.1 cm³/mol. The Kier molecular flexibility index (Phi) is 4.88. The number of ether oxygens (including phenoxy) is 1. The summed E-state index contributed by atoms with van der Waals surface area (Å²) in [5, 5.41) is 2.55. The first kappa shape index (κ1) is 14.2. The molecule has 0 bridgehead atoms. The van der Waals surface area contributed by atoms with Gasteiger partial charge in [0.05, 0.1) is 13.2 Å². The summed E-state index contributed by atoms with van der Waals surface area (Å²) in [5.41, 5.74) is 0. The van der Waals surface area contributed by atoms with E-state index in [9.17, 15) is 9.59 Å². The van der Waals surface area contributed by atoms with Crippen LogP contribution >= 0.6 is 0 Å². The Bertz CT molecular complexity index is 426. The summed E-state index contributed by atoms with van der Waals surface area (Å²) >= 11 is 0. The number of hydrogen-bond acceptors (Lipinski definition) is 4. The molecular formula is C12H19N3O3. The zero-order chi connectivity index (χ0) is 13.7. The molecule has 1 rings (SSSR count). The fourth-order valence-corrected chi connectivity index (χ4v) is 1.60. The number of aromatic nitrogens is 2. The maximum Gasteiger partial charge on any atom is 0.407 e. The lowest BCUT2D eigenvalue weighted by atomic mass is 9.99. The number of amides is 1. The van der Waals surface area contributed by atoms with Crippen LogP contribution in [0, 0.1) is 5.92 Å². The molecule has 1 aromatic rings. The molecule has 0 aromatic carbocycles. The van der Waals surface area contributed by atoms with Gasteiger partial charge in [-0.15, -0.1) is 0 Å². The first-order valence-electron chi connectivity index (χ1n) is 5.80. The van der Waals surface area contributed by atoms with E-state index < -0.39 is 12.1 Å². The molecule has 6 nitrogen and oxygen atoms in total. The van der Waals surface area contributed by atoms with Crippen LogP contribution in [0.15, 0.2) is 12.4 Å². The van der Waals surface area contributed by atoms with Crippen LogP contribution in [0.5, 0.6) is 0 Å². The third kappa shape index (κ3) is 3.58. The highest BCUT2D eigenvalue weighted by Gasteiger charge is 2.25. The normalized spacial score (nSPS) is 12.3. The summed E-state index contributed by atoms with van der Waals surface area (Å²) in [6.07, 6.45) is 3.20. The Morgan fingerprint density at radius 1 is 1.50 bits per heavy atom. The van der Waals surface area contributed by atoms with Crippen LogP contribution in [0.3, 0.4) is 0 Å². The summed E-state index contributed by atoms with van der Waals surface area (Å²) in [4.78, 5) is 27.4. The van der Waals surface area contributed by atoms with Crippen molar-refractivity contribution in [3.63, 3.8) is 0 Å². The van der Waals surface area contributed by atoms with Crippen LogP contribution < -0.4 is 5.32 Å². The highest BCUT2D eigenvalue weighted by atomic mass is 16.5. The van der Waals surface area contributed by atoms with Gasteiger partial charge in [0.2, 0.25) is 0 Å². The van der Waals surface area contributed by atoms with Gasteiger partial charge >= 0.3 is 6.09 Å². The van der Waals surface area contributed by atoms with Crippen LogP contribution in [0.25, 0.3) is 0 Å². The lowest BCUT2D eigenvalue weighted by Crippen LogP contribution is -2.44. The fourth-order valence-electron chi connectivity index (χ4n) is 1.60. The number of hydrogen-bond donors (Lipinski definition) is 1. The predicted octanol–water partition coefficient (Wildman–Crippen LogP) is 0.912. The summed E-state index contributed by atoms with van der Waals surface area (Å²) < 4.78 is 6.35. The fraction of sp³-hybridized carbons (Fsp3) is 0.583. The smallest absolute Gasteiger partial charge is 0.407 e. The molecule has 0 saturated heterocycles. The van der Waals surface area contributed by atoms with Crippen LogP contribution in [-0.4, -0.2) is 34.6 Å². The highest BCUT2D eigenvalue weighted by Crippen LogP contribution is 2.07. The Labute approximate surface area is 106 Å². The van der Waals surface area contributed by atoms with Gasteiger partial charge in [-0.2, -0.15) is 0 Å². The van der Waals surface area contributed by atoms with Crippen molar-refractivity contribution in [2.24, 2.45) is 13.0 Å². The molecule has 1 N–H and O–H groups in total. The second-order valence-electron chi connectivity index (χ2n) is 4.40. The summed E-state index contributed by atoms with van der Waals surface area (Å²) in [6.45, 7) is 3.60. The van der Waals surface area contributed by atoms with Gasteiger partial charge in [-0.3, -0.25) is 4.79 Å². The van der Waals surface area contributed by atoms with Crippen LogP contribution in [0.1, 0.15) is 19.7 Å². The molecule has 0 aliphatic rings. The molecule has 0 saturated carbocycles. The quantitative estimate of drug-likeness (QED) is 0.846. The van der Waals surface area contributed by atoms with E-state index >= 15 is 0 Å². The van der Waals surface area contributed by atoms with Crippen molar-refractivity contribution >= 4 is 11.9 Å². The van der Waals surface area contributed by atoms with Crippen molar-refractivity contribution in [3.8, 4) is 0 Å². The standard InChI is InChI=1S/C12H19N3O3/c1-8(2)11(16)9(14-12(17)18-4)7-10-13-5-6-15(10)3/h5-6,8-9H,7H2,1-4H3,(H,14,17). The van der Waals surface area contributed by atoms with Crippen molar-refractivity contribution in [3.05, 3.63) is 18.2 Å². The van der Waals surface area contributed by atoms with Gasteiger partial charge in [0.25, 0.3) is 0 Å². The molecule has 1 unspecified atom stereocenters. The number of aryl methyl sites for hydroxylation is 1. The van der Waals surface area contributed by atoms with E-state index in [4.69, 9.17) is 0 Å². The van der Waals surface area contributed by atoms with Crippen LogP contribution in [0.2, 0.25) is 0 Å². The van der Waals surface area contributed by atoms with E-state index in [0.717, 1.165) is 5.82 Å². The number of ketones is 1. The molecule has 18 heavy (non-hydrogen) atoms.